The Morgan fingerprint density at radius 3 is 2.52 bits per heavy atom. The second-order valence-electron chi connectivity index (χ2n) is 5.56. The van der Waals surface area contributed by atoms with Crippen LogP contribution in [0.3, 0.4) is 0 Å². The summed E-state index contributed by atoms with van der Waals surface area (Å²) in [7, 11) is 0.505. The van der Waals surface area contributed by atoms with Crippen LogP contribution in [0.25, 0.3) is 0 Å². The highest BCUT2D eigenvalue weighted by molar-refractivity contribution is 7.93. The number of rotatable bonds is 8. The summed E-state index contributed by atoms with van der Waals surface area (Å²) in [6.45, 7) is 7.06. The largest absolute Gasteiger partial charge is 0.377 e. The van der Waals surface area contributed by atoms with Crippen molar-refractivity contribution >= 4 is 21.4 Å². The molecule has 1 unspecified atom stereocenters. The number of nitrogens with one attached hydrogen (secondary N) is 2. The first-order chi connectivity index (χ1) is 9.77. The molecule has 0 saturated carbocycles. The van der Waals surface area contributed by atoms with Crippen LogP contribution in [0.4, 0.5) is 11.4 Å². The van der Waals surface area contributed by atoms with Gasteiger partial charge in [0.2, 0.25) is 10.0 Å². The summed E-state index contributed by atoms with van der Waals surface area (Å²) in [5.41, 5.74) is 2.72. The minimum atomic E-state index is -3.38. The third-order valence-corrected chi connectivity index (χ3v) is 5.09. The molecule has 0 bridgehead atoms. The van der Waals surface area contributed by atoms with Crippen molar-refractivity contribution in [1.82, 2.24) is 5.32 Å². The third-order valence-electron chi connectivity index (χ3n) is 3.34. The number of sulfonamides is 1. The molecule has 0 radical (unpaired) electrons. The van der Waals surface area contributed by atoms with E-state index in [1.807, 2.05) is 38.1 Å². The van der Waals surface area contributed by atoms with Crippen molar-refractivity contribution in [3.63, 3.8) is 0 Å². The minimum absolute atomic E-state index is 0.454. The Kier molecular flexibility index (Phi) is 6.48. The van der Waals surface area contributed by atoms with E-state index >= 15 is 0 Å². The van der Waals surface area contributed by atoms with E-state index in [9.17, 15) is 8.42 Å². The van der Waals surface area contributed by atoms with Crippen LogP contribution in [0.1, 0.15) is 25.8 Å². The number of aryl methyl sites for hydroxylation is 1. The summed E-state index contributed by atoms with van der Waals surface area (Å²) < 4.78 is 27.3. The highest BCUT2D eigenvalue weighted by Crippen LogP contribution is 2.23. The van der Waals surface area contributed by atoms with E-state index in [0.717, 1.165) is 24.2 Å². The van der Waals surface area contributed by atoms with E-state index in [1.54, 1.807) is 13.0 Å². The summed E-state index contributed by atoms with van der Waals surface area (Å²) in [5, 5.41) is 2.66. The van der Waals surface area contributed by atoms with Gasteiger partial charge in [-0.05, 0) is 44.5 Å². The molecule has 1 aromatic rings. The van der Waals surface area contributed by atoms with Crippen LogP contribution in [-0.2, 0) is 10.0 Å². The lowest BCUT2D eigenvalue weighted by molar-refractivity contribution is 0.576. The standard InChI is InChI=1S/C15H27N3O2S/c1-6-9-16-11-13(3)21(19,20)17-14-8-7-12(2)15(10-14)18(4)5/h7-8,10,13,16-17H,6,9,11H2,1-5H3. The third kappa shape index (κ3) is 5.21. The Hall–Kier alpha value is -1.27. The van der Waals surface area contributed by atoms with E-state index < -0.39 is 15.3 Å². The van der Waals surface area contributed by atoms with Crippen LogP contribution >= 0.6 is 0 Å². The molecule has 0 fully saturated rings. The Bertz CT molecular complexity index is 556. The van der Waals surface area contributed by atoms with Crippen LogP contribution in [-0.4, -0.2) is 40.9 Å². The van der Waals surface area contributed by atoms with E-state index in [1.165, 1.54) is 0 Å². The summed E-state index contributed by atoms with van der Waals surface area (Å²) in [5.74, 6) is 0. The van der Waals surface area contributed by atoms with Crippen molar-refractivity contribution in [2.75, 3.05) is 36.8 Å². The van der Waals surface area contributed by atoms with Crippen LogP contribution in [0.2, 0.25) is 0 Å². The molecule has 1 atom stereocenters. The highest BCUT2D eigenvalue weighted by atomic mass is 32.2. The fraction of sp³-hybridized carbons (Fsp3) is 0.600. The second-order valence-corrected chi connectivity index (χ2v) is 7.66. The van der Waals surface area contributed by atoms with Crippen molar-refractivity contribution in [3.8, 4) is 0 Å². The van der Waals surface area contributed by atoms with Gasteiger partial charge in [-0.15, -0.1) is 0 Å². The molecule has 2 N–H and O–H groups in total. The molecule has 21 heavy (non-hydrogen) atoms. The zero-order valence-corrected chi connectivity index (χ0v) is 14.4. The summed E-state index contributed by atoms with van der Waals surface area (Å²) in [6, 6.07) is 5.58. The van der Waals surface area contributed by atoms with Gasteiger partial charge in [0.1, 0.15) is 0 Å². The molecule has 5 nitrogen and oxygen atoms in total. The normalized spacial score (nSPS) is 13.0. The molecular weight excluding hydrogens is 286 g/mol. The lowest BCUT2D eigenvalue weighted by Crippen LogP contribution is -2.35. The molecule has 0 spiro atoms. The van der Waals surface area contributed by atoms with E-state index in [0.29, 0.717) is 12.2 Å². The maximum absolute atomic E-state index is 12.3. The summed E-state index contributed by atoms with van der Waals surface area (Å²) >= 11 is 0. The first-order valence-electron chi connectivity index (χ1n) is 7.28. The molecule has 120 valence electrons. The highest BCUT2D eigenvalue weighted by Gasteiger charge is 2.20. The SMILES string of the molecule is CCCNCC(C)S(=O)(=O)Nc1ccc(C)c(N(C)C)c1. The van der Waals surface area contributed by atoms with Gasteiger partial charge in [0, 0.05) is 26.3 Å². The maximum atomic E-state index is 12.3. The first-order valence-corrected chi connectivity index (χ1v) is 8.83. The maximum Gasteiger partial charge on any atom is 0.236 e. The fourth-order valence-electron chi connectivity index (χ4n) is 2.01. The van der Waals surface area contributed by atoms with Crippen LogP contribution in [0, 0.1) is 6.92 Å². The van der Waals surface area contributed by atoms with Gasteiger partial charge in [0.25, 0.3) is 0 Å². The molecule has 6 heteroatoms. The van der Waals surface area contributed by atoms with Gasteiger partial charge in [-0.1, -0.05) is 13.0 Å². The molecule has 0 saturated heterocycles. The Morgan fingerprint density at radius 2 is 1.95 bits per heavy atom. The molecule has 0 aliphatic carbocycles. The average Bonchev–Trinajstić information content (AvgIpc) is 2.40. The van der Waals surface area contributed by atoms with Crippen molar-refractivity contribution in [2.24, 2.45) is 0 Å². The monoisotopic (exact) mass is 313 g/mol. The number of benzene rings is 1. The van der Waals surface area contributed by atoms with Crippen LogP contribution in [0.5, 0.6) is 0 Å². The van der Waals surface area contributed by atoms with Crippen molar-refractivity contribution < 1.29 is 8.42 Å². The smallest absolute Gasteiger partial charge is 0.236 e. The first kappa shape index (κ1) is 17.8. The minimum Gasteiger partial charge on any atom is -0.377 e. The predicted molar refractivity (Wildman–Crippen MR) is 90.7 cm³/mol. The molecule has 0 amide bonds. The number of anilines is 2. The zero-order valence-electron chi connectivity index (χ0n) is 13.6. The van der Waals surface area contributed by atoms with Gasteiger partial charge in [0.05, 0.1) is 10.9 Å². The van der Waals surface area contributed by atoms with Gasteiger partial charge in [0.15, 0.2) is 0 Å². The van der Waals surface area contributed by atoms with Crippen LogP contribution < -0.4 is 14.9 Å². The van der Waals surface area contributed by atoms with Crippen molar-refractivity contribution in [1.29, 1.82) is 0 Å². The Labute approximate surface area is 128 Å². The molecular formula is C15H27N3O2S. The zero-order chi connectivity index (χ0) is 16.0. The van der Waals surface area contributed by atoms with Crippen LogP contribution in [0.15, 0.2) is 18.2 Å². The molecule has 0 aliphatic rings. The summed E-state index contributed by atoms with van der Waals surface area (Å²) in [4.78, 5) is 1.97. The number of hydrogen-bond acceptors (Lipinski definition) is 4. The van der Waals surface area contributed by atoms with Gasteiger partial charge in [-0.3, -0.25) is 4.72 Å². The van der Waals surface area contributed by atoms with E-state index in [4.69, 9.17) is 0 Å². The van der Waals surface area contributed by atoms with E-state index in [-0.39, 0.29) is 0 Å². The molecule has 1 rings (SSSR count). The topological polar surface area (TPSA) is 61.4 Å². The lowest BCUT2D eigenvalue weighted by atomic mass is 10.2. The second kappa shape index (κ2) is 7.66. The van der Waals surface area contributed by atoms with E-state index in [2.05, 4.69) is 17.0 Å². The predicted octanol–water partition coefficient (Wildman–Crippen LogP) is 2.19. The number of hydrogen-bond donors (Lipinski definition) is 2. The van der Waals surface area contributed by atoms with Crippen molar-refractivity contribution in [2.45, 2.75) is 32.4 Å². The molecule has 0 aliphatic heterocycles. The number of nitrogens with zero attached hydrogens (tertiary/aromatic N) is 1. The molecule has 0 aromatic heterocycles. The van der Waals surface area contributed by atoms with Gasteiger partial charge >= 0.3 is 0 Å². The Balaban J connectivity index is 2.82. The quantitative estimate of drug-likeness (QED) is 0.722. The Morgan fingerprint density at radius 1 is 1.29 bits per heavy atom. The molecule has 0 heterocycles. The van der Waals surface area contributed by atoms with Crippen molar-refractivity contribution in [3.05, 3.63) is 23.8 Å². The van der Waals surface area contributed by atoms with Gasteiger partial charge in [-0.2, -0.15) is 0 Å². The van der Waals surface area contributed by atoms with Gasteiger partial charge < -0.3 is 10.2 Å². The summed E-state index contributed by atoms with van der Waals surface area (Å²) in [6.07, 6.45) is 0.990. The average molecular weight is 313 g/mol. The lowest BCUT2D eigenvalue weighted by Gasteiger charge is -2.19. The molecule has 1 aromatic carbocycles. The fourth-order valence-corrected chi connectivity index (χ4v) is 3.01. The van der Waals surface area contributed by atoms with Gasteiger partial charge in [-0.25, -0.2) is 8.42 Å².